The molecule has 2 amide bonds. The summed E-state index contributed by atoms with van der Waals surface area (Å²) in [6, 6.07) is 11.7. The lowest BCUT2D eigenvalue weighted by molar-refractivity contribution is -0.116. The van der Waals surface area contributed by atoms with Gasteiger partial charge in [0.05, 0.1) is 27.8 Å². The zero-order chi connectivity index (χ0) is 25.3. The Morgan fingerprint density at radius 2 is 1.83 bits per heavy atom. The molecule has 8 nitrogen and oxygen atoms in total. The number of anilines is 1. The number of aromatic nitrogens is 3. The zero-order valence-electron chi connectivity index (χ0n) is 17.9. The lowest BCUT2D eigenvalue weighted by atomic mass is 10.0. The first kappa shape index (κ1) is 25.3. The number of pyridine rings is 1. The second-order valence-corrected chi connectivity index (χ2v) is 9.90. The van der Waals surface area contributed by atoms with Crippen molar-refractivity contribution in [3.05, 3.63) is 79.0 Å². The minimum absolute atomic E-state index is 0.0866. The van der Waals surface area contributed by atoms with Crippen LogP contribution in [0.15, 0.2) is 57.7 Å². The Labute approximate surface area is 226 Å². The van der Waals surface area contributed by atoms with Crippen molar-refractivity contribution in [2.75, 3.05) is 11.9 Å². The Hall–Kier alpha value is -2.79. The molecule has 0 radical (unpaired) electrons. The van der Waals surface area contributed by atoms with Gasteiger partial charge in [0, 0.05) is 22.1 Å². The first-order chi connectivity index (χ1) is 16.7. The molecule has 0 aliphatic carbocycles. The van der Waals surface area contributed by atoms with E-state index in [4.69, 9.17) is 23.2 Å². The van der Waals surface area contributed by atoms with Crippen molar-refractivity contribution < 1.29 is 14.4 Å². The van der Waals surface area contributed by atoms with Gasteiger partial charge < -0.3 is 10.6 Å². The van der Waals surface area contributed by atoms with Crippen molar-refractivity contribution in [1.29, 1.82) is 0 Å². The van der Waals surface area contributed by atoms with Crippen molar-refractivity contribution in [2.24, 2.45) is 0 Å². The summed E-state index contributed by atoms with van der Waals surface area (Å²) in [5.74, 6) is -1.15. The quantitative estimate of drug-likeness (QED) is 0.277. The average Bonchev–Trinajstić information content (AvgIpc) is 3.20. The van der Waals surface area contributed by atoms with Gasteiger partial charge in [-0.15, -0.1) is 0 Å². The number of benzene rings is 2. The van der Waals surface area contributed by atoms with E-state index in [9.17, 15) is 14.4 Å². The molecule has 35 heavy (non-hydrogen) atoms. The van der Waals surface area contributed by atoms with Crippen LogP contribution < -0.4 is 10.6 Å². The molecule has 4 aromatic rings. The third kappa shape index (κ3) is 5.40. The number of nitrogens with one attached hydrogen (secondary N) is 2. The molecule has 0 aliphatic rings. The van der Waals surface area contributed by atoms with Crippen LogP contribution in [0.25, 0.3) is 16.6 Å². The summed E-state index contributed by atoms with van der Waals surface area (Å²) in [6.07, 6.45) is 1.52. The van der Waals surface area contributed by atoms with Crippen molar-refractivity contribution >= 4 is 89.1 Å². The van der Waals surface area contributed by atoms with Crippen LogP contribution in [0.2, 0.25) is 10.0 Å². The summed E-state index contributed by atoms with van der Waals surface area (Å²) in [4.78, 5) is 42.0. The Balaban J connectivity index is 1.81. The molecule has 0 saturated heterocycles. The maximum atomic E-state index is 13.4. The predicted molar refractivity (Wildman–Crippen MR) is 142 cm³/mol. The highest BCUT2D eigenvalue weighted by Gasteiger charge is 2.24. The molecule has 12 heteroatoms. The van der Waals surface area contributed by atoms with E-state index < -0.39 is 11.8 Å². The third-order valence-electron chi connectivity index (χ3n) is 4.87. The summed E-state index contributed by atoms with van der Waals surface area (Å²) in [7, 11) is 0. The fourth-order valence-corrected chi connectivity index (χ4v) is 4.60. The molecule has 0 spiro atoms. The Bertz CT molecular complexity index is 1510. The second-order valence-electron chi connectivity index (χ2n) is 7.39. The van der Waals surface area contributed by atoms with E-state index in [1.807, 2.05) is 0 Å². The molecule has 0 aliphatic heterocycles. The number of amides is 2. The van der Waals surface area contributed by atoms with Crippen LogP contribution in [0.3, 0.4) is 0 Å². The SMILES string of the molecule is CC(=O)CNC(=O)c1cc2cc(Br)ccc2c(Cl)c1NC(=O)c1cc(Br)nn1-c1ncccc1Cl. The van der Waals surface area contributed by atoms with E-state index in [-0.39, 0.29) is 45.1 Å². The Morgan fingerprint density at radius 1 is 1.06 bits per heavy atom. The van der Waals surface area contributed by atoms with Gasteiger partial charge in [0.1, 0.15) is 16.1 Å². The van der Waals surface area contributed by atoms with E-state index in [0.29, 0.717) is 15.4 Å². The van der Waals surface area contributed by atoms with Crippen LogP contribution in [0, 0.1) is 0 Å². The van der Waals surface area contributed by atoms with Crippen LogP contribution in [-0.4, -0.2) is 38.9 Å². The predicted octanol–water partition coefficient (Wildman–Crippen LogP) is 5.82. The van der Waals surface area contributed by atoms with Crippen molar-refractivity contribution in [2.45, 2.75) is 6.92 Å². The minimum atomic E-state index is -0.608. The highest BCUT2D eigenvalue weighted by molar-refractivity contribution is 9.10. The lowest BCUT2D eigenvalue weighted by Crippen LogP contribution is -2.29. The number of hydrogen-bond donors (Lipinski definition) is 2. The lowest BCUT2D eigenvalue weighted by Gasteiger charge is -2.16. The summed E-state index contributed by atoms with van der Waals surface area (Å²) in [6.45, 7) is 1.19. The van der Waals surface area contributed by atoms with Gasteiger partial charge in [-0.2, -0.15) is 5.10 Å². The summed E-state index contributed by atoms with van der Waals surface area (Å²) >= 11 is 19.6. The van der Waals surface area contributed by atoms with E-state index in [0.717, 1.165) is 4.47 Å². The maximum absolute atomic E-state index is 13.4. The monoisotopic (exact) mass is 637 g/mol. The molecule has 2 N–H and O–H groups in total. The number of Topliss-reactive ketones (excluding diaryl/α,β-unsaturated/α-hetero) is 1. The van der Waals surface area contributed by atoms with Crippen LogP contribution in [-0.2, 0) is 4.79 Å². The molecule has 0 unspecified atom stereocenters. The standard InChI is InChI=1S/C23H15Br2Cl2N5O3/c1-11(33)10-29-22(34)15-8-12-7-13(24)4-5-14(12)19(27)20(15)30-23(35)17-9-18(25)31-32(17)21-16(26)3-2-6-28-21/h2-9H,10H2,1H3,(H,29,34)(H,30,35). The maximum Gasteiger partial charge on any atom is 0.274 e. The van der Waals surface area contributed by atoms with Gasteiger partial charge in [0.15, 0.2) is 5.82 Å². The average molecular weight is 640 g/mol. The van der Waals surface area contributed by atoms with Gasteiger partial charge in [-0.3, -0.25) is 14.4 Å². The third-order valence-corrected chi connectivity index (χ3v) is 6.44. The smallest absolute Gasteiger partial charge is 0.274 e. The van der Waals surface area contributed by atoms with Gasteiger partial charge in [-0.05, 0) is 58.6 Å². The molecule has 0 bridgehead atoms. The number of carbonyl (C=O) groups is 3. The molecular formula is C23H15Br2Cl2N5O3. The van der Waals surface area contributed by atoms with E-state index in [1.54, 1.807) is 36.4 Å². The number of nitrogens with zero attached hydrogens (tertiary/aromatic N) is 3. The highest BCUT2D eigenvalue weighted by Crippen LogP contribution is 2.36. The largest absolute Gasteiger partial charge is 0.345 e. The topological polar surface area (TPSA) is 106 Å². The van der Waals surface area contributed by atoms with Gasteiger partial charge >= 0.3 is 0 Å². The molecular weight excluding hydrogens is 625 g/mol. The number of ketones is 1. The van der Waals surface area contributed by atoms with Gasteiger partial charge in [-0.25, -0.2) is 9.67 Å². The fourth-order valence-electron chi connectivity index (χ4n) is 3.32. The molecule has 0 atom stereocenters. The first-order valence-corrected chi connectivity index (χ1v) is 12.4. The van der Waals surface area contributed by atoms with Gasteiger partial charge in [-0.1, -0.05) is 45.2 Å². The minimum Gasteiger partial charge on any atom is -0.345 e. The van der Waals surface area contributed by atoms with Gasteiger partial charge in [0.25, 0.3) is 11.8 Å². The van der Waals surface area contributed by atoms with Crippen molar-refractivity contribution in [1.82, 2.24) is 20.1 Å². The fraction of sp³-hybridized carbons (Fsp3) is 0.0870. The molecule has 2 heterocycles. The molecule has 0 fully saturated rings. The summed E-state index contributed by atoms with van der Waals surface area (Å²) < 4.78 is 2.44. The highest BCUT2D eigenvalue weighted by atomic mass is 79.9. The van der Waals surface area contributed by atoms with Crippen LogP contribution in [0.4, 0.5) is 5.69 Å². The molecule has 0 saturated carbocycles. The number of fused-ring (bicyclic) bond motifs is 1. The first-order valence-electron chi connectivity index (χ1n) is 10.0. The Kier molecular flexibility index (Phi) is 7.56. The number of halogens is 4. The van der Waals surface area contributed by atoms with E-state index in [1.165, 1.54) is 23.9 Å². The van der Waals surface area contributed by atoms with Crippen LogP contribution in [0.5, 0.6) is 0 Å². The molecule has 2 aromatic heterocycles. The van der Waals surface area contributed by atoms with Crippen LogP contribution >= 0.6 is 55.1 Å². The Morgan fingerprint density at radius 3 is 2.54 bits per heavy atom. The normalized spacial score (nSPS) is 10.9. The molecule has 2 aromatic carbocycles. The van der Waals surface area contributed by atoms with E-state index >= 15 is 0 Å². The van der Waals surface area contributed by atoms with E-state index in [2.05, 4.69) is 52.6 Å². The van der Waals surface area contributed by atoms with Crippen molar-refractivity contribution in [3.8, 4) is 5.82 Å². The number of carbonyl (C=O) groups excluding carboxylic acids is 3. The van der Waals surface area contributed by atoms with Crippen LogP contribution in [0.1, 0.15) is 27.8 Å². The molecule has 178 valence electrons. The second kappa shape index (κ2) is 10.4. The zero-order valence-corrected chi connectivity index (χ0v) is 22.6. The number of hydrogen-bond acceptors (Lipinski definition) is 5. The molecule has 4 rings (SSSR count). The summed E-state index contributed by atoms with van der Waals surface area (Å²) in [5.41, 5.74) is 0.277. The number of rotatable bonds is 6. The van der Waals surface area contributed by atoms with Gasteiger partial charge in [0.2, 0.25) is 0 Å². The summed E-state index contributed by atoms with van der Waals surface area (Å²) in [5, 5.41) is 11.3. The van der Waals surface area contributed by atoms with Crippen molar-refractivity contribution in [3.63, 3.8) is 0 Å².